The molecule has 0 saturated carbocycles. The van der Waals surface area contributed by atoms with Gasteiger partial charge in [-0.3, -0.25) is 0 Å². The fourth-order valence-electron chi connectivity index (χ4n) is 1.97. The van der Waals surface area contributed by atoms with Crippen molar-refractivity contribution in [3.63, 3.8) is 0 Å². The van der Waals surface area contributed by atoms with Gasteiger partial charge in [0.25, 0.3) is 0 Å². The van der Waals surface area contributed by atoms with Gasteiger partial charge in [-0.1, -0.05) is 12.1 Å². The van der Waals surface area contributed by atoms with E-state index in [9.17, 15) is 12.8 Å². The van der Waals surface area contributed by atoms with Gasteiger partial charge in [0.15, 0.2) is 0 Å². The van der Waals surface area contributed by atoms with Crippen LogP contribution in [0, 0.1) is 5.82 Å². The first-order valence-electron chi connectivity index (χ1n) is 6.57. The number of sulfonamides is 1. The molecule has 2 aromatic rings. The van der Waals surface area contributed by atoms with Crippen LogP contribution >= 0.6 is 0 Å². The van der Waals surface area contributed by atoms with Gasteiger partial charge in [0.05, 0.1) is 4.90 Å². The van der Waals surface area contributed by atoms with Gasteiger partial charge in [-0.2, -0.15) is 0 Å². The third kappa shape index (κ3) is 4.38. The van der Waals surface area contributed by atoms with Crippen LogP contribution in [0.4, 0.5) is 4.39 Å². The minimum Gasteiger partial charge on any atom is -0.363 e. The molecule has 21 heavy (non-hydrogen) atoms. The molecule has 0 aliphatic heterocycles. The topological polar surface area (TPSA) is 74.0 Å². The maximum absolute atomic E-state index is 13.0. The van der Waals surface area contributed by atoms with E-state index >= 15 is 0 Å². The van der Waals surface area contributed by atoms with Crippen molar-refractivity contribution >= 4 is 10.0 Å². The zero-order chi connectivity index (χ0) is 15.3. The number of halogens is 1. The number of aromatic nitrogens is 1. The standard InChI is InChI=1S/C14H18FN3O2S/c1-16-9-13-8-14(10-17-13)21(19,20)18-6-5-11-3-2-4-12(15)7-11/h2-4,7-8,10,16-18H,5-6,9H2,1H3. The number of aromatic amines is 1. The lowest BCUT2D eigenvalue weighted by molar-refractivity contribution is 0.581. The summed E-state index contributed by atoms with van der Waals surface area (Å²) in [6.45, 7) is 0.789. The van der Waals surface area contributed by atoms with Gasteiger partial charge in [0.2, 0.25) is 10.0 Å². The number of nitrogens with one attached hydrogen (secondary N) is 3. The monoisotopic (exact) mass is 311 g/mol. The molecule has 1 heterocycles. The molecule has 0 atom stereocenters. The Hall–Kier alpha value is -1.70. The molecule has 0 unspecified atom stereocenters. The van der Waals surface area contributed by atoms with Crippen molar-refractivity contribution < 1.29 is 12.8 Å². The molecule has 1 aromatic carbocycles. The van der Waals surface area contributed by atoms with Crippen molar-refractivity contribution in [1.82, 2.24) is 15.0 Å². The second-order valence-electron chi connectivity index (χ2n) is 4.67. The first-order valence-corrected chi connectivity index (χ1v) is 8.05. The average Bonchev–Trinajstić information content (AvgIpc) is 2.88. The Labute approximate surface area is 123 Å². The minimum atomic E-state index is -3.54. The molecular weight excluding hydrogens is 293 g/mol. The lowest BCUT2D eigenvalue weighted by Gasteiger charge is -2.05. The van der Waals surface area contributed by atoms with Crippen LogP contribution in [0.5, 0.6) is 0 Å². The molecule has 0 bridgehead atoms. The lowest BCUT2D eigenvalue weighted by atomic mass is 10.1. The number of benzene rings is 1. The third-order valence-electron chi connectivity index (χ3n) is 2.99. The highest BCUT2D eigenvalue weighted by Crippen LogP contribution is 2.11. The maximum Gasteiger partial charge on any atom is 0.242 e. The van der Waals surface area contributed by atoms with E-state index in [0.29, 0.717) is 13.0 Å². The smallest absolute Gasteiger partial charge is 0.242 e. The van der Waals surface area contributed by atoms with Gasteiger partial charge in [-0.25, -0.2) is 17.5 Å². The van der Waals surface area contributed by atoms with E-state index < -0.39 is 10.0 Å². The first kappa shape index (κ1) is 15.7. The highest BCUT2D eigenvalue weighted by Gasteiger charge is 2.15. The van der Waals surface area contributed by atoms with E-state index in [1.165, 1.54) is 18.3 Å². The van der Waals surface area contributed by atoms with Gasteiger partial charge < -0.3 is 10.3 Å². The molecule has 0 fully saturated rings. The third-order valence-corrected chi connectivity index (χ3v) is 4.43. The van der Waals surface area contributed by atoms with Crippen LogP contribution in [-0.4, -0.2) is 27.0 Å². The fourth-order valence-corrected chi connectivity index (χ4v) is 3.02. The maximum atomic E-state index is 13.0. The van der Waals surface area contributed by atoms with Crippen molar-refractivity contribution in [3.05, 3.63) is 53.6 Å². The normalized spacial score (nSPS) is 11.7. The largest absolute Gasteiger partial charge is 0.363 e. The molecule has 2 rings (SSSR count). The molecule has 0 radical (unpaired) electrons. The number of rotatable bonds is 7. The Morgan fingerprint density at radius 2 is 2.10 bits per heavy atom. The molecular formula is C14H18FN3O2S. The quantitative estimate of drug-likeness (QED) is 0.723. The summed E-state index contributed by atoms with van der Waals surface area (Å²) in [5, 5.41) is 2.94. The van der Waals surface area contributed by atoms with Crippen molar-refractivity contribution in [2.45, 2.75) is 17.9 Å². The fraction of sp³-hybridized carbons (Fsp3) is 0.286. The molecule has 0 spiro atoms. The summed E-state index contributed by atoms with van der Waals surface area (Å²) < 4.78 is 39.7. The SMILES string of the molecule is CNCc1cc(S(=O)(=O)NCCc2cccc(F)c2)c[nH]1. The molecule has 7 heteroatoms. The van der Waals surface area contributed by atoms with E-state index in [1.807, 2.05) is 0 Å². The van der Waals surface area contributed by atoms with Crippen molar-refractivity contribution in [3.8, 4) is 0 Å². The van der Waals surface area contributed by atoms with E-state index in [0.717, 1.165) is 11.3 Å². The molecule has 1 aromatic heterocycles. The molecule has 0 saturated heterocycles. The minimum absolute atomic E-state index is 0.201. The van der Waals surface area contributed by atoms with Gasteiger partial charge >= 0.3 is 0 Å². The molecule has 0 amide bonds. The number of hydrogen-bond acceptors (Lipinski definition) is 3. The van der Waals surface area contributed by atoms with E-state index in [-0.39, 0.29) is 17.3 Å². The van der Waals surface area contributed by atoms with Crippen molar-refractivity contribution in [1.29, 1.82) is 0 Å². The Morgan fingerprint density at radius 1 is 1.29 bits per heavy atom. The number of hydrogen-bond donors (Lipinski definition) is 3. The highest BCUT2D eigenvalue weighted by molar-refractivity contribution is 7.89. The van der Waals surface area contributed by atoms with Crippen LogP contribution in [0.15, 0.2) is 41.4 Å². The number of H-pyrrole nitrogens is 1. The Balaban J connectivity index is 1.94. The summed E-state index contributed by atoms with van der Waals surface area (Å²) in [6, 6.07) is 7.71. The van der Waals surface area contributed by atoms with Crippen LogP contribution in [0.3, 0.4) is 0 Å². The summed E-state index contributed by atoms with van der Waals surface area (Å²) in [6.07, 6.45) is 1.89. The predicted octanol–water partition coefficient (Wildman–Crippen LogP) is 1.39. The van der Waals surface area contributed by atoms with E-state index in [1.54, 1.807) is 25.2 Å². The van der Waals surface area contributed by atoms with Crippen LogP contribution in [0.2, 0.25) is 0 Å². The van der Waals surface area contributed by atoms with Crippen LogP contribution in [0.25, 0.3) is 0 Å². The van der Waals surface area contributed by atoms with E-state index in [2.05, 4.69) is 15.0 Å². The second kappa shape index (κ2) is 6.84. The van der Waals surface area contributed by atoms with Crippen molar-refractivity contribution in [2.24, 2.45) is 0 Å². The van der Waals surface area contributed by atoms with Gasteiger partial charge in [-0.05, 0) is 37.2 Å². The Bertz CT molecular complexity index is 698. The van der Waals surface area contributed by atoms with E-state index in [4.69, 9.17) is 0 Å². The van der Waals surface area contributed by atoms with Gasteiger partial charge in [0, 0.05) is 25.0 Å². The summed E-state index contributed by atoms with van der Waals surface area (Å²) in [5.41, 5.74) is 1.55. The second-order valence-corrected chi connectivity index (χ2v) is 6.44. The molecule has 0 aliphatic rings. The summed E-state index contributed by atoms with van der Waals surface area (Å²) in [5.74, 6) is -0.322. The summed E-state index contributed by atoms with van der Waals surface area (Å²) >= 11 is 0. The molecule has 3 N–H and O–H groups in total. The zero-order valence-electron chi connectivity index (χ0n) is 11.7. The summed E-state index contributed by atoms with van der Waals surface area (Å²) in [7, 11) is -1.76. The predicted molar refractivity (Wildman–Crippen MR) is 78.8 cm³/mol. The van der Waals surface area contributed by atoms with Crippen molar-refractivity contribution in [2.75, 3.05) is 13.6 Å². The lowest BCUT2D eigenvalue weighted by Crippen LogP contribution is -2.25. The molecule has 5 nitrogen and oxygen atoms in total. The van der Waals surface area contributed by atoms with Crippen LogP contribution in [-0.2, 0) is 23.0 Å². The van der Waals surface area contributed by atoms with Crippen LogP contribution in [0.1, 0.15) is 11.3 Å². The average molecular weight is 311 g/mol. The highest BCUT2D eigenvalue weighted by atomic mass is 32.2. The van der Waals surface area contributed by atoms with Crippen LogP contribution < -0.4 is 10.0 Å². The zero-order valence-corrected chi connectivity index (χ0v) is 12.5. The first-order chi connectivity index (χ1) is 10.0. The van der Waals surface area contributed by atoms with Gasteiger partial charge in [-0.15, -0.1) is 0 Å². The Kier molecular flexibility index (Phi) is 5.11. The summed E-state index contributed by atoms with van der Waals surface area (Å²) in [4.78, 5) is 3.10. The van der Waals surface area contributed by atoms with Gasteiger partial charge in [0.1, 0.15) is 5.82 Å². The molecule has 114 valence electrons. The Morgan fingerprint density at radius 3 is 2.81 bits per heavy atom. The molecule has 0 aliphatic carbocycles.